The maximum absolute atomic E-state index is 9.70. The van der Waals surface area contributed by atoms with Gasteiger partial charge in [-0.1, -0.05) is 30.1 Å². The quantitative estimate of drug-likeness (QED) is 0.876. The van der Waals surface area contributed by atoms with Crippen molar-refractivity contribution >= 4 is 23.2 Å². The van der Waals surface area contributed by atoms with E-state index in [9.17, 15) is 10.2 Å². The summed E-state index contributed by atoms with van der Waals surface area (Å²) in [5.74, 6) is 0.534. The molecule has 3 atom stereocenters. The predicted octanol–water partition coefficient (Wildman–Crippen LogP) is 3.24. The van der Waals surface area contributed by atoms with Crippen LogP contribution in [0.15, 0.2) is 12.1 Å². The first kappa shape index (κ1) is 15.6. The highest BCUT2D eigenvalue weighted by atomic mass is 35.5. The summed E-state index contributed by atoms with van der Waals surface area (Å²) in [6.45, 7) is 3.48. The second kappa shape index (κ2) is 6.62. The Bertz CT molecular complexity index is 407. The lowest BCUT2D eigenvalue weighted by Gasteiger charge is -2.21. The molecule has 0 heterocycles. The van der Waals surface area contributed by atoms with Crippen LogP contribution in [-0.2, 0) is 0 Å². The Labute approximate surface area is 117 Å². The fraction of sp³-hybridized carbons (Fsp3) is 0.538. The third-order valence-electron chi connectivity index (χ3n) is 2.92. The Balaban J connectivity index is 3.01. The summed E-state index contributed by atoms with van der Waals surface area (Å²) in [4.78, 5) is 0. The maximum Gasteiger partial charge on any atom is 0.141 e. The highest BCUT2D eigenvalue weighted by molar-refractivity contribution is 6.35. The highest BCUT2D eigenvalue weighted by Crippen LogP contribution is 2.38. The molecular formula is C13H18Cl2O3. The average Bonchev–Trinajstić information content (AvgIpc) is 2.27. The predicted molar refractivity (Wildman–Crippen MR) is 73.7 cm³/mol. The van der Waals surface area contributed by atoms with Crippen LogP contribution in [0.4, 0.5) is 0 Å². The number of hydrogen-bond donors (Lipinski definition) is 2. The van der Waals surface area contributed by atoms with Crippen LogP contribution >= 0.6 is 23.2 Å². The molecule has 18 heavy (non-hydrogen) atoms. The van der Waals surface area contributed by atoms with Gasteiger partial charge in [0, 0.05) is 10.6 Å². The van der Waals surface area contributed by atoms with E-state index in [0.29, 0.717) is 22.2 Å². The first-order valence-electron chi connectivity index (χ1n) is 5.75. The lowest BCUT2D eigenvalue weighted by atomic mass is 9.92. The topological polar surface area (TPSA) is 49.7 Å². The number of benzene rings is 1. The molecular weight excluding hydrogens is 275 g/mol. The van der Waals surface area contributed by atoms with E-state index in [2.05, 4.69) is 0 Å². The Morgan fingerprint density at radius 1 is 1.22 bits per heavy atom. The molecule has 0 radical (unpaired) electrons. The van der Waals surface area contributed by atoms with Gasteiger partial charge in [0.25, 0.3) is 0 Å². The Hall–Kier alpha value is -0.480. The lowest BCUT2D eigenvalue weighted by molar-refractivity contribution is 0.0226. The monoisotopic (exact) mass is 292 g/mol. The van der Waals surface area contributed by atoms with Crippen molar-refractivity contribution in [3.05, 3.63) is 27.7 Å². The summed E-state index contributed by atoms with van der Waals surface area (Å²) in [5.41, 5.74) is 0.828. The molecule has 0 aliphatic rings. The molecule has 3 nitrogen and oxygen atoms in total. The van der Waals surface area contributed by atoms with Gasteiger partial charge in [0.1, 0.15) is 5.75 Å². The molecule has 0 aliphatic heterocycles. The minimum Gasteiger partial charge on any atom is -0.495 e. The van der Waals surface area contributed by atoms with Crippen LogP contribution < -0.4 is 4.74 Å². The summed E-state index contributed by atoms with van der Waals surface area (Å²) < 4.78 is 5.26. The Kier molecular flexibility index (Phi) is 5.73. The fourth-order valence-corrected chi connectivity index (χ4v) is 2.43. The molecule has 1 aromatic carbocycles. The summed E-state index contributed by atoms with van der Waals surface area (Å²) in [6, 6.07) is 3.38. The lowest BCUT2D eigenvalue weighted by Crippen LogP contribution is -2.24. The van der Waals surface area contributed by atoms with Crippen LogP contribution in [-0.4, -0.2) is 29.5 Å². The summed E-state index contributed by atoms with van der Waals surface area (Å²) >= 11 is 12.0. The van der Waals surface area contributed by atoms with Gasteiger partial charge in [-0.2, -0.15) is 0 Å². The number of halogens is 2. The number of aliphatic hydroxyl groups is 2. The standard InChI is InChI=1S/C13H18Cl2O3/c1-7(4-12(17)8(2)16)10-5-9(14)6-11(15)13(10)18-3/h5-8,12,16-17H,4H2,1-3H3. The van der Waals surface area contributed by atoms with Crippen molar-refractivity contribution in [2.75, 3.05) is 7.11 Å². The Morgan fingerprint density at radius 3 is 2.33 bits per heavy atom. The maximum atomic E-state index is 9.70. The minimum absolute atomic E-state index is 0.0271. The van der Waals surface area contributed by atoms with Gasteiger partial charge in [-0.3, -0.25) is 0 Å². The van der Waals surface area contributed by atoms with Crippen molar-refractivity contribution in [3.63, 3.8) is 0 Å². The minimum atomic E-state index is -0.789. The van der Waals surface area contributed by atoms with E-state index in [1.807, 2.05) is 6.92 Å². The van der Waals surface area contributed by atoms with Crippen molar-refractivity contribution in [2.24, 2.45) is 0 Å². The van der Waals surface area contributed by atoms with Crippen LogP contribution in [0, 0.1) is 0 Å². The molecule has 3 unspecified atom stereocenters. The molecule has 1 rings (SSSR count). The molecule has 0 saturated carbocycles. The first-order chi connectivity index (χ1) is 8.36. The highest BCUT2D eigenvalue weighted by Gasteiger charge is 2.20. The summed E-state index contributed by atoms with van der Waals surface area (Å²) in [7, 11) is 1.54. The van der Waals surface area contributed by atoms with Gasteiger partial charge in [0.2, 0.25) is 0 Å². The van der Waals surface area contributed by atoms with Gasteiger partial charge in [0.15, 0.2) is 0 Å². The smallest absolute Gasteiger partial charge is 0.141 e. The molecule has 0 amide bonds. The molecule has 102 valence electrons. The summed E-state index contributed by atoms with van der Waals surface area (Å²) in [6.07, 6.45) is -1.15. The molecule has 0 bridgehead atoms. The van der Waals surface area contributed by atoms with Gasteiger partial charge >= 0.3 is 0 Å². The molecule has 0 spiro atoms. The molecule has 0 aromatic heterocycles. The third-order valence-corrected chi connectivity index (χ3v) is 3.42. The molecule has 2 N–H and O–H groups in total. The van der Waals surface area contributed by atoms with Gasteiger partial charge in [-0.05, 0) is 31.4 Å². The van der Waals surface area contributed by atoms with E-state index < -0.39 is 12.2 Å². The number of ether oxygens (including phenoxy) is 1. The van der Waals surface area contributed by atoms with E-state index in [1.165, 1.54) is 7.11 Å². The largest absolute Gasteiger partial charge is 0.495 e. The zero-order chi connectivity index (χ0) is 13.9. The summed E-state index contributed by atoms with van der Waals surface area (Å²) in [5, 5.41) is 20.0. The van der Waals surface area contributed by atoms with E-state index in [0.717, 1.165) is 5.56 Å². The second-order valence-electron chi connectivity index (χ2n) is 4.45. The van der Waals surface area contributed by atoms with Crippen molar-refractivity contribution in [1.29, 1.82) is 0 Å². The molecule has 1 aromatic rings. The van der Waals surface area contributed by atoms with Gasteiger partial charge in [-0.15, -0.1) is 0 Å². The average molecular weight is 293 g/mol. The fourth-order valence-electron chi connectivity index (χ4n) is 1.85. The van der Waals surface area contributed by atoms with Crippen LogP contribution in [0.25, 0.3) is 0 Å². The first-order valence-corrected chi connectivity index (χ1v) is 6.51. The molecule has 0 saturated heterocycles. The molecule has 0 aliphatic carbocycles. The number of rotatable bonds is 5. The van der Waals surface area contributed by atoms with Crippen LogP contribution in [0.3, 0.4) is 0 Å². The van der Waals surface area contributed by atoms with Crippen molar-refractivity contribution < 1.29 is 14.9 Å². The normalized spacial score (nSPS) is 16.2. The zero-order valence-corrected chi connectivity index (χ0v) is 12.2. The number of aliphatic hydroxyl groups excluding tert-OH is 2. The third kappa shape index (κ3) is 3.75. The van der Waals surface area contributed by atoms with Crippen LogP contribution in [0.2, 0.25) is 10.0 Å². The Morgan fingerprint density at radius 2 is 1.83 bits per heavy atom. The number of methoxy groups -OCH3 is 1. The van der Waals surface area contributed by atoms with Gasteiger partial charge in [-0.25, -0.2) is 0 Å². The van der Waals surface area contributed by atoms with E-state index in [1.54, 1.807) is 19.1 Å². The second-order valence-corrected chi connectivity index (χ2v) is 5.30. The van der Waals surface area contributed by atoms with Gasteiger partial charge < -0.3 is 14.9 Å². The van der Waals surface area contributed by atoms with Crippen molar-refractivity contribution in [2.45, 2.75) is 38.4 Å². The van der Waals surface area contributed by atoms with Crippen molar-refractivity contribution in [1.82, 2.24) is 0 Å². The molecule has 5 heteroatoms. The van der Waals surface area contributed by atoms with E-state index in [4.69, 9.17) is 27.9 Å². The number of hydrogen-bond acceptors (Lipinski definition) is 3. The van der Waals surface area contributed by atoms with E-state index >= 15 is 0 Å². The van der Waals surface area contributed by atoms with Crippen molar-refractivity contribution in [3.8, 4) is 5.75 Å². The zero-order valence-electron chi connectivity index (χ0n) is 10.7. The van der Waals surface area contributed by atoms with Gasteiger partial charge in [0.05, 0.1) is 24.3 Å². The SMILES string of the molecule is COc1c(Cl)cc(Cl)cc1C(C)CC(O)C(C)O. The molecule has 0 fully saturated rings. The van der Waals surface area contributed by atoms with Crippen LogP contribution in [0.1, 0.15) is 31.7 Å². The van der Waals surface area contributed by atoms with E-state index in [-0.39, 0.29) is 5.92 Å². The van der Waals surface area contributed by atoms with Crippen LogP contribution in [0.5, 0.6) is 5.75 Å².